The summed E-state index contributed by atoms with van der Waals surface area (Å²) in [5.74, 6) is -0.228. The lowest BCUT2D eigenvalue weighted by molar-refractivity contribution is -0.116. The van der Waals surface area contributed by atoms with Crippen LogP contribution in [0.4, 0.5) is 5.13 Å². The zero-order valence-electron chi connectivity index (χ0n) is 18.2. The van der Waals surface area contributed by atoms with Gasteiger partial charge in [-0.15, -0.1) is 0 Å². The third-order valence-electron chi connectivity index (χ3n) is 5.46. The zero-order valence-corrected chi connectivity index (χ0v) is 19.0. The molecule has 3 heterocycles. The summed E-state index contributed by atoms with van der Waals surface area (Å²) in [5, 5.41) is 3.43. The van der Waals surface area contributed by atoms with Crippen LogP contribution >= 0.6 is 11.3 Å². The summed E-state index contributed by atoms with van der Waals surface area (Å²) < 4.78 is 1.70. The number of aromatic nitrogens is 5. The Morgan fingerprint density at radius 3 is 2.44 bits per heavy atom. The van der Waals surface area contributed by atoms with Crippen LogP contribution in [0.1, 0.15) is 11.1 Å². The van der Waals surface area contributed by atoms with Crippen molar-refractivity contribution in [2.45, 2.75) is 19.6 Å². The Labute approximate surface area is 199 Å². The van der Waals surface area contributed by atoms with Crippen molar-refractivity contribution in [3.8, 4) is 21.7 Å². The minimum absolute atomic E-state index is 0.0624. The van der Waals surface area contributed by atoms with E-state index in [1.54, 1.807) is 17.1 Å². The van der Waals surface area contributed by atoms with Gasteiger partial charge in [-0.25, -0.2) is 19.9 Å². The van der Waals surface area contributed by atoms with Gasteiger partial charge >= 0.3 is 0 Å². The fraction of sp³-hybridized carbons (Fsp3) is 0.125. The molecule has 0 aliphatic rings. The monoisotopic (exact) mass is 470 g/mol. The van der Waals surface area contributed by atoms with Gasteiger partial charge in [0.1, 0.15) is 18.4 Å². The number of fused-ring (bicyclic) bond motifs is 1. The predicted octanol–water partition coefficient (Wildman–Crippen LogP) is 3.17. The van der Waals surface area contributed by atoms with E-state index in [4.69, 9.17) is 16.5 Å². The lowest BCUT2D eigenvalue weighted by Gasteiger charge is -2.10. The molecule has 0 aliphatic carbocycles. The number of thiazole rings is 1. The fourth-order valence-electron chi connectivity index (χ4n) is 3.83. The molecule has 5 aromatic rings. The molecule has 170 valence electrons. The Bertz CT molecular complexity index is 1410. The zero-order chi connectivity index (χ0) is 23.5. The normalized spacial score (nSPS) is 11.1. The van der Waals surface area contributed by atoms with E-state index in [9.17, 15) is 4.79 Å². The van der Waals surface area contributed by atoms with Crippen LogP contribution in [-0.4, -0.2) is 30.4 Å². The van der Waals surface area contributed by atoms with Gasteiger partial charge in [-0.3, -0.25) is 4.79 Å². The second kappa shape index (κ2) is 9.48. The van der Waals surface area contributed by atoms with Gasteiger partial charge in [0, 0.05) is 18.7 Å². The molecular formula is C24H22N8OS. The van der Waals surface area contributed by atoms with Crippen LogP contribution in [0.5, 0.6) is 0 Å². The number of anilines is 1. The summed E-state index contributed by atoms with van der Waals surface area (Å²) in [6.07, 6.45) is 4.64. The Balaban J connectivity index is 1.52. The van der Waals surface area contributed by atoms with Crippen molar-refractivity contribution in [1.82, 2.24) is 24.5 Å². The standard InChI is InChI=1S/C24H22N8OS/c25-9-15-5-1-3-7-17(15)21-22(18-8-4-2-6-16(18)10-26)34-24(31-21)30-20(33)12-32-14-29-23-19(32)11-27-13-28-23/h1-8,11,13-14H,9-10,12,25-26H2,(H,30,31,33). The molecular weight excluding hydrogens is 448 g/mol. The number of nitrogens with two attached hydrogens (primary N) is 2. The Morgan fingerprint density at radius 1 is 0.971 bits per heavy atom. The number of carbonyl (C=O) groups excluding carboxylic acids is 1. The van der Waals surface area contributed by atoms with E-state index in [2.05, 4.69) is 20.3 Å². The largest absolute Gasteiger partial charge is 0.326 e. The predicted molar refractivity (Wildman–Crippen MR) is 133 cm³/mol. The maximum Gasteiger partial charge on any atom is 0.246 e. The smallest absolute Gasteiger partial charge is 0.246 e. The lowest BCUT2D eigenvalue weighted by atomic mass is 9.99. The maximum absolute atomic E-state index is 12.9. The summed E-state index contributed by atoms with van der Waals surface area (Å²) in [4.78, 5) is 31.0. The Kier molecular flexibility index (Phi) is 6.09. The van der Waals surface area contributed by atoms with Crippen molar-refractivity contribution in [1.29, 1.82) is 0 Å². The van der Waals surface area contributed by atoms with E-state index in [1.807, 2.05) is 48.5 Å². The number of imidazole rings is 1. The molecule has 0 aliphatic heterocycles. The molecule has 3 aromatic heterocycles. The van der Waals surface area contributed by atoms with Gasteiger partial charge in [0.15, 0.2) is 10.8 Å². The molecule has 2 aromatic carbocycles. The highest BCUT2D eigenvalue weighted by atomic mass is 32.1. The van der Waals surface area contributed by atoms with Crippen molar-refractivity contribution >= 4 is 33.5 Å². The number of nitrogens with one attached hydrogen (secondary N) is 1. The summed E-state index contributed by atoms with van der Waals surface area (Å²) in [7, 11) is 0. The van der Waals surface area contributed by atoms with Gasteiger partial charge in [0.05, 0.1) is 23.1 Å². The second-order valence-electron chi connectivity index (χ2n) is 7.57. The van der Waals surface area contributed by atoms with Crippen molar-refractivity contribution in [3.63, 3.8) is 0 Å². The molecule has 5 N–H and O–H groups in total. The van der Waals surface area contributed by atoms with E-state index >= 15 is 0 Å². The average molecular weight is 471 g/mol. The second-order valence-corrected chi connectivity index (χ2v) is 8.57. The minimum Gasteiger partial charge on any atom is -0.326 e. The van der Waals surface area contributed by atoms with Crippen LogP contribution < -0.4 is 16.8 Å². The molecule has 0 fully saturated rings. The topological polar surface area (TPSA) is 138 Å². The first kappa shape index (κ1) is 21.8. The lowest BCUT2D eigenvalue weighted by Crippen LogP contribution is -2.18. The van der Waals surface area contributed by atoms with Crippen LogP contribution in [-0.2, 0) is 24.4 Å². The van der Waals surface area contributed by atoms with Gasteiger partial charge in [0.25, 0.3) is 0 Å². The number of hydrogen-bond donors (Lipinski definition) is 3. The molecule has 34 heavy (non-hydrogen) atoms. The molecule has 0 bridgehead atoms. The number of nitrogens with zero attached hydrogens (tertiary/aromatic N) is 5. The van der Waals surface area contributed by atoms with E-state index in [0.29, 0.717) is 29.4 Å². The fourth-order valence-corrected chi connectivity index (χ4v) is 4.89. The highest BCUT2D eigenvalue weighted by Crippen LogP contribution is 2.41. The number of amides is 1. The van der Waals surface area contributed by atoms with Crippen LogP contribution in [0.25, 0.3) is 32.9 Å². The van der Waals surface area contributed by atoms with Crippen LogP contribution in [0.15, 0.2) is 67.4 Å². The molecule has 5 rings (SSSR count). The van der Waals surface area contributed by atoms with E-state index < -0.39 is 0 Å². The van der Waals surface area contributed by atoms with Crippen molar-refractivity contribution < 1.29 is 4.79 Å². The molecule has 0 radical (unpaired) electrons. The van der Waals surface area contributed by atoms with Gasteiger partial charge in [0.2, 0.25) is 5.91 Å². The highest BCUT2D eigenvalue weighted by molar-refractivity contribution is 7.19. The molecule has 10 heteroatoms. The van der Waals surface area contributed by atoms with E-state index in [1.165, 1.54) is 17.7 Å². The first-order valence-electron chi connectivity index (χ1n) is 10.7. The van der Waals surface area contributed by atoms with Gasteiger partial charge < -0.3 is 21.4 Å². The quantitative estimate of drug-likeness (QED) is 0.332. The maximum atomic E-state index is 12.9. The third kappa shape index (κ3) is 4.17. The van der Waals surface area contributed by atoms with Crippen LogP contribution in [0, 0.1) is 0 Å². The summed E-state index contributed by atoms with van der Waals surface area (Å²) >= 11 is 1.41. The number of carbonyl (C=O) groups is 1. The first-order valence-corrected chi connectivity index (χ1v) is 11.5. The van der Waals surface area contributed by atoms with E-state index in [-0.39, 0.29) is 12.5 Å². The van der Waals surface area contributed by atoms with Gasteiger partial charge in [-0.05, 0) is 16.7 Å². The highest BCUT2D eigenvalue weighted by Gasteiger charge is 2.20. The summed E-state index contributed by atoms with van der Waals surface area (Å²) in [6.45, 7) is 0.833. The summed E-state index contributed by atoms with van der Waals surface area (Å²) in [6, 6.07) is 15.8. The SMILES string of the molecule is NCc1ccccc1-c1nc(NC(=O)Cn2cnc3ncncc32)sc1-c1ccccc1CN. The number of benzene rings is 2. The molecule has 0 unspecified atom stereocenters. The molecule has 0 spiro atoms. The molecule has 0 atom stereocenters. The molecule has 0 saturated heterocycles. The molecule has 0 saturated carbocycles. The van der Waals surface area contributed by atoms with Crippen LogP contribution in [0.2, 0.25) is 0 Å². The molecule has 1 amide bonds. The third-order valence-corrected chi connectivity index (χ3v) is 6.47. The summed E-state index contributed by atoms with van der Waals surface area (Å²) in [5.41, 5.74) is 17.9. The first-order chi connectivity index (χ1) is 16.7. The van der Waals surface area contributed by atoms with Crippen molar-refractivity contribution in [2.24, 2.45) is 11.5 Å². The number of hydrogen-bond acceptors (Lipinski definition) is 8. The van der Waals surface area contributed by atoms with Gasteiger partial charge in [-0.2, -0.15) is 0 Å². The molecule has 9 nitrogen and oxygen atoms in total. The van der Waals surface area contributed by atoms with Crippen LogP contribution in [0.3, 0.4) is 0 Å². The Morgan fingerprint density at radius 2 is 1.68 bits per heavy atom. The van der Waals surface area contributed by atoms with E-state index in [0.717, 1.165) is 32.8 Å². The van der Waals surface area contributed by atoms with Crippen molar-refractivity contribution in [3.05, 3.63) is 78.5 Å². The Hall–Kier alpha value is -3.99. The van der Waals surface area contributed by atoms with Gasteiger partial charge in [-0.1, -0.05) is 59.9 Å². The van der Waals surface area contributed by atoms with Crippen molar-refractivity contribution in [2.75, 3.05) is 5.32 Å². The average Bonchev–Trinajstić information content (AvgIpc) is 3.48. The number of rotatable bonds is 7. The minimum atomic E-state index is -0.228.